The first kappa shape index (κ1) is 26.0. The van der Waals surface area contributed by atoms with E-state index in [1.165, 1.54) is 17.3 Å². The van der Waals surface area contributed by atoms with E-state index < -0.39 is 17.8 Å². The fraction of sp³-hybridized carbons (Fsp3) is 0.483. The number of carbonyl (C=O) groups is 1. The van der Waals surface area contributed by atoms with Crippen molar-refractivity contribution < 1.29 is 22.4 Å². The van der Waals surface area contributed by atoms with Gasteiger partial charge in [-0.2, -0.15) is 0 Å². The van der Waals surface area contributed by atoms with Crippen LogP contribution >= 0.6 is 0 Å². The quantitative estimate of drug-likeness (QED) is 0.363. The Hall–Kier alpha value is -3.27. The molecule has 1 aromatic heterocycles. The molecule has 1 N–H and O–H groups in total. The normalized spacial score (nSPS) is 20.6. The number of rotatable bonds is 8. The van der Waals surface area contributed by atoms with Crippen LogP contribution in [0.5, 0.6) is 0 Å². The summed E-state index contributed by atoms with van der Waals surface area (Å²) in [5, 5.41) is 11.4. The average molecular weight is 542 g/mol. The molecule has 206 valence electrons. The number of amides is 1. The van der Waals surface area contributed by atoms with Crippen LogP contribution in [-0.2, 0) is 32.0 Å². The molecule has 2 heterocycles. The zero-order valence-electron chi connectivity index (χ0n) is 22.0. The van der Waals surface area contributed by atoms with Crippen LogP contribution in [0.3, 0.4) is 0 Å². The maximum atomic E-state index is 14.2. The van der Waals surface area contributed by atoms with E-state index in [1.807, 2.05) is 0 Å². The van der Waals surface area contributed by atoms with Crippen LogP contribution in [0.2, 0.25) is 0 Å². The lowest BCUT2D eigenvalue weighted by molar-refractivity contribution is -0.127. The summed E-state index contributed by atoms with van der Waals surface area (Å²) in [6.07, 6.45) is 1.63. The Morgan fingerprint density at radius 3 is 2.51 bits per heavy atom. The number of halogens is 4. The molecule has 3 aliphatic rings. The van der Waals surface area contributed by atoms with Crippen LogP contribution in [0.1, 0.15) is 83.9 Å². The first-order valence-electron chi connectivity index (χ1n) is 13.3. The third-order valence-electron chi connectivity index (χ3n) is 8.81. The van der Waals surface area contributed by atoms with E-state index in [4.69, 9.17) is 0 Å². The van der Waals surface area contributed by atoms with Crippen LogP contribution in [-0.4, -0.2) is 32.1 Å². The van der Waals surface area contributed by atoms with Crippen molar-refractivity contribution in [2.75, 3.05) is 4.90 Å². The lowest BCUT2D eigenvalue weighted by Crippen LogP contribution is -2.51. The summed E-state index contributed by atoms with van der Waals surface area (Å²) >= 11 is 0. The molecule has 1 amide bonds. The van der Waals surface area contributed by atoms with Crippen molar-refractivity contribution in [3.8, 4) is 0 Å². The largest absolute Gasteiger partial charge is 0.321 e. The summed E-state index contributed by atoms with van der Waals surface area (Å²) in [5.74, 6) is -2.55. The number of nitrogens with one attached hydrogen (secondary N) is 1. The monoisotopic (exact) mass is 541 g/mol. The second kappa shape index (κ2) is 9.15. The number of hydrogen-bond donors (Lipinski definition) is 1. The van der Waals surface area contributed by atoms with Crippen LogP contribution < -0.4 is 10.2 Å². The number of aromatic nitrogens is 3. The van der Waals surface area contributed by atoms with Gasteiger partial charge in [-0.25, -0.2) is 17.6 Å². The number of anilines is 1. The van der Waals surface area contributed by atoms with E-state index in [0.29, 0.717) is 34.7 Å². The van der Waals surface area contributed by atoms with Crippen molar-refractivity contribution in [1.29, 1.82) is 0 Å². The second-order valence-electron chi connectivity index (χ2n) is 11.7. The van der Waals surface area contributed by atoms with Gasteiger partial charge in [-0.15, -0.1) is 10.2 Å². The zero-order chi connectivity index (χ0) is 27.6. The Morgan fingerprint density at radius 1 is 1.13 bits per heavy atom. The highest BCUT2D eigenvalue weighted by Gasteiger charge is 2.57. The van der Waals surface area contributed by atoms with E-state index in [0.717, 1.165) is 19.3 Å². The van der Waals surface area contributed by atoms with Gasteiger partial charge < -0.3 is 14.8 Å². The average Bonchev–Trinajstić information content (AvgIpc) is 3.42. The highest BCUT2D eigenvalue weighted by Crippen LogP contribution is 2.55. The molecule has 2 aromatic carbocycles. The van der Waals surface area contributed by atoms with E-state index in [9.17, 15) is 22.4 Å². The van der Waals surface area contributed by atoms with Crippen molar-refractivity contribution in [3.05, 3.63) is 76.4 Å². The van der Waals surface area contributed by atoms with Gasteiger partial charge in [0.2, 0.25) is 5.92 Å². The Bertz CT molecular complexity index is 1420. The topological polar surface area (TPSA) is 63.1 Å². The molecule has 0 spiro atoms. The Morgan fingerprint density at radius 2 is 1.90 bits per heavy atom. The van der Waals surface area contributed by atoms with Crippen LogP contribution in [0.25, 0.3) is 0 Å². The summed E-state index contributed by atoms with van der Waals surface area (Å²) in [5.41, 5.74) is 1.43. The van der Waals surface area contributed by atoms with Gasteiger partial charge in [0.15, 0.2) is 0 Å². The highest BCUT2D eigenvalue weighted by molar-refractivity contribution is 6.10. The molecule has 3 aromatic rings. The van der Waals surface area contributed by atoms with Crippen molar-refractivity contribution >= 4 is 11.6 Å². The molecule has 0 radical (unpaired) electrons. The number of benzene rings is 2. The third-order valence-corrected chi connectivity index (χ3v) is 8.81. The van der Waals surface area contributed by atoms with Crippen LogP contribution in [0.4, 0.5) is 23.2 Å². The Kier molecular flexibility index (Phi) is 6.09. The number of aryl methyl sites for hydroxylation is 1. The summed E-state index contributed by atoms with van der Waals surface area (Å²) in [4.78, 5) is 15.0. The van der Waals surface area contributed by atoms with Gasteiger partial charge in [-0.05, 0) is 67.1 Å². The molecular weight excluding hydrogens is 510 g/mol. The summed E-state index contributed by atoms with van der Waals surface area (Å²) in [7, 11) is 1.77. The van der Waals surface area contributed by atoms with Gasteiger partial charge in [0.05, 0.1) is 6.54 Å². The van der Waals surface area contributed by atoms with Gasteiger partial charge in [-0.1, -0.05) is 12.1 Å². The maximum absolute atomic E-state index is 14.2. The lowest BCUT2D eigenvalue weighted by atomic mass is 9.60. The van der Waals surface area contributed by atoms with E-state index in [-0.39, 0.29) is 48.4 Å². The summed E-state index contributed by atoms with van der Waals surface area (Å²) in [6.45, 7) is 2.53. The molecule has 2 fully saturated rings. The number of hydrogen-bond acceptors (Lipinski definition) is 4. The van der Waals surface area contributed by atoms with Crippen molar-refractivity contribution in [2.24, 2.45) is 7.05 Å². The molecule has 2 saturated carbocycles. The van der Waals surface area contributed by atoms with Gasteiger partial charge in [-0.3, -0.25) is 4.79 Å². The fourth-order valence-electron chi connectivity index (χ4n) is 6.35. The smallest absolute Gasteiger partial charge is 0.264 e. The molecule has 0 bridgehead atoms. The van der Waals surface area contributed by atoms with Crippen LogP contribution in [0, 0.1) is 0 Å². The fourth-order valence-corrected chi connectivity index (χ4v) is 6.35. The van der Waals surface area contributed by atoms with Crippen molar-refractivity contribution in [3.63, 3.8) is 0 Å². The van der Waals surface area contributed by atoms with Crippen LogP contribution in [0.15, 0.2) is 42.7 Å². The molecular formula is C29H31F4N5O. The lowest BCUT2D eigenvalue weighted by Gasteiger charge is -2.48. The van der Waals surface area contributed by atoms with E-state index in [2.05, 4.69) is 22.4 Å². The van der Waals surface area contributed by atoms with Crippen molar-refractivity contribution in [1.82, 2.24) is 20.1 Å². The van der Waals surface area contributed by atoms with E-state index >= 15 is 0 Å². The van der Waals surface area contributed by atoms with Gasteiger partial charge >= 0.3 is 0 Å². The first-order valence-corrected chi connectivity index (χ1v) is 13.3. The van der Waals surface area contributed by atoms with E-state index in [1.54, 1.807) is 41.9 Å². The number of carbonyl (C=O) groups excluding carboxylic acids is 1. The maximum Gasteiger partial charge on any atom is 0.264 e. The van der Waals surface area contributed by atoms with Gasteiger partial charge in [0, 0.05) is 60.6 Å². The highest BCUT2D eigenvalue weighted by atomic mass is 19.3. The molecule has 0 saturated heterocycles. The Labute approximate surface area is 224 Å². The zero-order valence-corrected chi connectivity index (χ0v) is 22.0. The SMILES string of the molecule is Cn1cnnc1CC1(c2cccc(N3Cc4c(cc(CNC5(C)CCC5)cc4C(F)F)C3=O)c2)CC(F)(F)C1. The molecule has 0 unspecified atom stereocenters. The molecule has 39 heavy (non-hydrogen) atoms. The van der Waals surface area contributed by atoms with Gasteiger partial charge in [0.25, 0.3) is 12.3 Å². The standard InChI is InChI=1S/C29H31F4N5O/c1-27(7-4-8-27)34-13-18-9-21(25(30)31)23-14-38(26(39)22(23)10-18)20-6-3-5-19(11-20)28(15-29(32,33)16-28)12-24-36-35-17-37(24)2/h3,5-6,9-11,17,25,34H,4,7-8,12-16H2,1-2H3. The predicted octanol–water partition coefficient (Wildman–Crippen LogP) is 5.85. The van der Waals surface area contributed by atoms with Gasteiger partial charge in [0.1, 0.15) is 12.2 Å². The third kappa shape index (κ3) is 4.62. The van der Waals surface area contributed by atoms with Crippen molar-refractivity contribution in [2.45, 2.75) is 81.8 Å². The molecule has 2 aliphatic carbocycles. The minimum atomic E-state index is -2.79. The predicted molar refractivity (Wildman–Crippen MR) is 138 cm³/mol. The number of fused-ring (bicyclic) bond motifs is 1. The minimum Gasteiger partial charge on any atom is -0.321 e. The molecule has 6 nitrogen and oxygen atoms in total. The number of alkyl halides is 4. The first-order chi connectivity index (χ1) is 18.5. The second-order valence-corrected chi connectivity index (χ2v) is 11.7. The molecule has 10 heteroatoms. The Balaban J connectivity index is 1.30. The molecule has 1 aliphatic heterocycles. The number of nitrogens with zero attached hydrogens (tertiary/aromatic N) is 4. The minimum absolute atomic E-state index is 0.000223. The summed E-state index contributed by atoms with van der Waals surface area (Å²) < 4.78 is 58.4. The summed E-state index contributed by atoms with van der Waals surface area (Å²) in [6, 6.07) is 10.2. The molecule has 0 atom stereocenters. The molecule has 6 rings (SSSR count).